The van der Waals surface area contributed by atoms with Gasteiger partial charge in [0.25, 0.3) is 0 Å². The molecule has 2 aliphatic carbocycles. The normalized spacial score (nSPS) is 45.5. The number of thiol groups is 1. The van der Waals surface area contributed by atoms with Gasteiger partial charge in [-0.25, -0.2) is 0 Å². The largest absolute Gasteiger partial charge is 0.396 e. The maximum Gasteiger partial charge on any atom is 0.0456 e. The second kappa shape index (κ2) is 3.82. The van der Waals surface area contributed by atoms with E-state index in [1.807, 2.05) is 0 Å². The van der Waals surface area contributed by atoms with Crippen LogP contribution in [0.5, 0.6) is 0 Å². The maximum atomic E-state index is 9.01. The minimum atomic E-state index is 0.352. The van der Waals surface area contributed by atoms with Crippen molar-refractivity contribution >= 4 is 12.6 Å². The molecule has 5 atom stereocenters. The summed E-state index contributed by atoms with van der Waals surface area (Å²) in [6.45, 7) is 2.50. The van der Waals surface area contributed by atoms with Crippen LogP contribution >= 0.6 is 12.6 Å². The second-order valence-corrected chi connectivity index (χ2v) is 5.75. The van der Waals surface area contributed by atoms with Gasteiger partial charge in [0.2, 0.25) is 0 Å². The first-order valence-electron chi connectivity index (χ1n) is 5.49. The van der Waals surface area contributed by atoms with Gasteiger partial charge in [0.1, 0.15) is 0 Å². The van der Waals surface area contributed by atoms with Crippen molar-refractivity contribution in [1.29, 1.82) is 0 Å². The fraction of sp³-hybridized carbons (Fsp3) is 1.00. The van der Waals surface area contributed by atoms with E-state index in [4.69, 9.17) is 5.11 Å². The molecule has 0 aromatic carbocycles. The zero-order valence-electron chi connectivity index (χ0n) is 8.32. The molecule has 0 aromatic rings. The highest BCUT2D eigenvalue weighted by Gasteiger charge is 2.44. The molecule has 2 rings (SSSR count). The molecule has 2 heteroatoms. The lowest BCUT2D eigenvalue weighted by Crippen LogP contribution is -2.23. The van der Waals surface area contributed by atoms with E-state index in [1.54, 1.807) is 0 Å². The summed E-state index contributed by atoms with van der Waals surface area (Å²) in [5.41, 5.74) is 0. The molecule has 0 saturated heterocycles. The number of hydrogen-bond donors (Lipinski definition) is 2. The third-order valence-corrected chi connectivity index (χ3v) is 4.53. The van der Waals surface area contributed by atoms with Crippen molar-refractivity contribution in [3.8, 4) is 0 Å². The van der Waals surface area contributed by atoms with Gasteiger partial charge in [0.15, 0.2) is 0 Å². The molecule has 2 fully saturated rings. The molecule has 76 valence electrons. The van der Waals surface area contributed by atoms with E-state index in [-0.39, 0.29) is 0 Å². The van der Waals surface area contributed by atoms with Gasteiger partial charge in [-0.05, 0) is 49.4 Å². The molecule has 2 saturated carbocycles. The third-order valence-electron chi connectivity index (χ3n) is 3.93. The van der Waals surface area contributed by atoms with E-state index in [1.165, 1.54) is 25.7 Å². The summed E-state index contributed by atoms with van der Waals surface area (Å²) < 4.78 is 0. The molecule has 13 heavy (non-hydrogen) atoms. The zero-order chi connectivity index (χ0) is 9.42. The summed E-state index contributed by atoms with van der Waals surface area (Å²) in [6.07, 6.45) is 5.38. The van der Waals surface area contributed by atoms with Crippen LogP contribution < -0.4 is 0 Å². The Hall–Kier alpha value is 0.310. The fourth-order valence-electron chi connectivity index (χ4n) is 3.32. The Labute approximate surface area is 86.3 Å². The van der Waals surface area contributed by atoms with Gasteiger partial charge >= 0.3 is 0 Å². The molecule has 0 amide bonds. The Morgan fingerprint density at radius 2 is 2.15 bits per heavy atom. The summed E-state index contributed by atoms with van der Waals surface area (Å²) >= 11 is 4.65. The molecule has 0 aromatic heterocycles. The van der Waals surface area contributed by atoms with E-state index in [0.29, 0.717) is 17.8 Å². The minimum absolute atomic E-state index is 0.352. The third kappa shape index (κ3) is 1.89. The van der Waals surface area contributed by atoms with Crippen LogP contribution in [0.1, 0.15) is 32.6 Å². The molecule has 5 unspecified atom stereocenters. The van der Waals surface area contributed by atoms with E-state index >= 15 is 0 Å². The van der Waals surface area contributed by atoms with Crippen LogP contribution in [0.3, 0.4) is 0 Å². The van der Waals surface area contributed by atoms with Crippen molar-refractivity contribution in [2.45, 2.75) is 37.9 Å². The Kier molecular flexibility index (Phi) is 2.89. The first kappa shape index (κ1) is 9.85. The van der Waals surface area contributed by atoms with E-state index in [2.05, 4.69) is 19.6 Å². The quantitative estimate of drug-likeness (QED) is 0.670. The fourth-order valence-corrected chi connectivity index (χ4v) is 3.98. The van der Waals surface area contributed by atoms with Gasteiger partial charge < -0.3 is 5.11 Å². The average molecular weight is 200 g/mol. The van der Waals surface area contributed by atoms with E-state index in [9.17, 15) is 0 Å². The standard InChI is InChI=1S/C11H20OS/c1-7(6-12)2-9-3-8-4-10(9)11(13)5-8/h7-13H,2-6H2,1H3. The summed E-state index contributed by atoms with van der Waals surface area (Å²) in [5, 5.41) is 9.67. The van der Waals surface area contributed by atoms with Gasteiger partial charge in [-0.3, -0.25) is 0 Å². The topological polar surface area (TPSA) is 20.2 Å². The summed E-state index contributed by atoms with van der Waals surface area (Å²) in [7, 11) is 0. The molecule has 0 radical (unpaired) electrons. The van der Waals surface area contributed by atoms with Crippen LogP contribution in [-0.4, -0.2) is 17.0 Å². The Bertz CT molecular complexity index is 183. The first-order valence-corrected chi connectivity index (χ1v) is 6.01. The van der Waals surface area contributed by atoms with Crippen molar-refractivity contribution in [1.82, 2.24) is 0 Å². The van der Waals surface area contributed by atoms with Crippen molar-refractivity contribution in [2.75, 3.05) is 6.61 Å². The maximum absolute atomic E-state index is 9.01. The number of aliphatic hydroxyl groups is 1. The number of aliphatic hydroxyl groups excluding tert-OH is 1. The molecule has 2 aliphatic rings. The Balaban J connectivity index is 1.88. The van der Waals surface area contributed by atoms with Gasteiger partial charge in [0, 0.05) is 11.9 Å². The van der Waals surface area contributed by atoms with Crippen molar-refractivity contribution < 1.29 is 5.11 Å². The number of fused-ring (bicyclic) bond motifs is 2. The highest BCUT2D eigenvalue weighted by molar-refractivity contribution is 7.81. The molecule has 0 heterocycles. The first-order chi connectivity index (χ1) is 6.20. The van der Waals surface area contributed by atoms with Crippen molar-refractivity contribution in [2.24, 2.45) is 23.7 Å². The van der Waals surface area contributed by atoms with Crippen LogP contribution in [0.25, 0.3) is 0 Å². The van der Waals surface area contributed by atoms with Crippen LogP contribution in [0.4, 0.5) is 0 Å². The van der Waals surface area contributed by atoms with Crippen LogP contribution in [0.15, 0.2) is 0 Å². The van der Waals surface area contributed by atoms with Gasteiger partial charge in [-0.15, -0.1) is 0 Å². The predicted molar refractivity (Wildman–Crippen MR) is 58.0 cm³/mol. The molecule has 1 nitrogen and oxygen atoms in total. The second-order valence-electron chi connectivity index (χ2n) is 5.09. The van der Waals surface area contributed by atoms with Crippen molar-refractivity contribution in [3.63, 3.8) is 0 Å². The molecular formula is C11H20OS. The van der Waals surface area contributed by atoms with Crippen LogP contribution in [0.2, 0.25) is 0 Å². The smallest absolute Gasteiger partial charge is 0.0456 e. The lowest BCUT2D eigenvalue weighted by Gasteiger charge is -2.28. The molecule has 1 N–H and O–H groups in total. The SMILES string of the molecule is CC(CO)CC1CC2CC(S)C1C2. The van der Waals surface area contributed by atoms with Gasteiger partial charge in [-0.2, -0.15) is 12.6 Å². The lowest BCUT2D eigenvalue weighted by atomic mass is 9.82. The summed E-state index contributed by atoms with van der Waals surface area (Å²) in [6, 6.07) is 0. The highest BCUT2D eigenvalue weighted by Crippen LogP contribution is 2.52. The zero-order valence-corrected chi connectivity index (χ0v) is 9.21. The summed E-state index contributed by atoms with van der Waals surface area (Å²) in [4.78, 5) is 0. The van der Waals surface area contributed by atoms with Gasteiger partial charge in [0.05, 0.1) is 0 Å². The number of rotatable bonds is 3. The molecule has 0 spiro atoms. The minimum Gasteiger partial charge on any atom is -0.396 e. The monoisotopic (exact) mass is 200 g/mol. The van der Waals surface area contributed by atoms with E-state index in [0.717, 1.165) is 17.8 Å². The number of hydrogen-bond acceptors (Lipinski definition) is 2. The average Bonchev–Trinajstić information content (AvgIpc) is 2.62. The Morgan fingerprint density at radius 1 is 1.38 bits per heavy atom. The van der Waals surface area contributed by atoms with Crippen molar-refractivity contribution in [3.05, 3.63) is 0 Å². The van der Waals surface area contributed by atoms with Gasteiger partial charge in [-0.1, -0.05) is 6.92 Å². The van der Waals surface area contributed by atoms with Crippen LogP contribution in [0, 0.1) is 23.7 Å². The summed E-state index contributed by atoms with van der Waals surface area (Å²) in [5.74, 6) is 3.18. The molecular weight excluding hydrogens is 180 g/mol. The molecule has 2 bridgehead atoms. The predicted octanol–water partition coefficient (Wildman–Crippen LogP) is 2.35. The highest BCUT2D eigenvalue weighted by atomic mass is 32.1. The molecule has 0 aliphatic heterocycles. The van der Waals surface area contributed by atoms with Crippen LogP contribution in [-0.2, 0) is 0 Å². The lowest BCUT2D eigenvalue weighted by molar-refractivity contribution is 0.192. The van der Waals surface area contributed by atoms with E-state index < -0.39 is 0 Å². The Morgan fingerprint density at radius 3 is 2.69 bits per heavy atom.